The van der Waals surface area contributed by atoms with Crippen molar-refractivity contribution in [2.45, 2.75) is 0 Å². The third-order valence-electron chi connectivity index (χ3n) is 13.9. The van der Waals surface area contributed by atoms with E-state index in [4.69, 9.17) is 0 Å². The summed E-state index contributed by atoms with van der Waals surface area (Å²) in [5, 5.41) is 23.6. The summed E-state index contributed by atoms with van der Waals surface area (Å²) in [6.07, 6.45) is 0. The highest BCUT2D eigenvalue weighted by molar-refractivity contribution is 6.46. The van der Waals surface area contributed by atoms with Gasteiger partial charge in [0, 0.05) is 0 Å². The van der Waals surface area contributed by atoms with Gasteiger partial charge in [-0.25, -0.2) is 0 Å². The predicted octanol–water partition coefficient (Wildman–Crippen LogP) is 17.6. The quantitative estimate of drug-likeness (QED) is 0.156. The second-order valence-corrected chi connectivity index (χ2v) is 17.0. The van der Waals surface area contributed by atoms with Crippen LogP contribution in [0.1, 0.15) is 0 Å². The van der Waals surface area contributed by atoms with Crippen molar-refractivity contribution in [1.82, 2.24) is 0 Å². The minimum absolute atomic E-state index is 1.22. The van der Waals surface area contributed by atoms with Crippen molar-refractivity contribution >= 4 is 97.0 Å². The molecule has 14 aromatic carbocycles. The van der Waals surface area contributed by atoms with Crippen molar-refractivity contribution in [3.8, 4) is 44.5 Å². The molecule has 0 spiro atoms. The largest absolute Gasteiger partial charge is 0.0622 e. The molecule has 284 valence electrons. The van der Waals surface area contributed by atoms with E-state index < -0.39 is 0 Å². The molecule has 0 saturated heterocycles. The van der Waals surface area contributed by atoms with Crippen molar-refractivity contribution in [1.29, 1.82) is 0 Å². The summed E-state index contributed by atoms with van der Waals surface area (Å²) in [4.78, 5) is 0. The van der Waals surface area contributed by atoms with E-state index in [9.17, 15) is 0 Å². The van der Waals surface area contributed by atoms with Crippen LogP contribution in [0.2, 0.25) is 0 Å². The smallest absolute Gasteiger partial charge is 0.000697 e. The maximum absolute atomic E-state index is 2.54. The highest BCUT2D eigenvalue weighted by Gasteiger charge is 2.27. The van der Waals surface area contributed by atoms with Gasteiger partial charge in [0.05, 0.1) is 0 Å². The Labute approximate surface area is 358 Å². The van der Waals surface area contributed by atoms with Crippen LogP contribution in [0.5, 0.6) is 0 Å². The highest BCUT2D eigenvalue weighted by Crippen LogP contribution is 2.55. The van der Waals surface area contributed by atoms with Crippen LogP contribution in [0.3, 0.4) is 0 Å². The lowest BCUT2D eigenvalue weighted by Gasteiger charge is -2.19. The Hall–Kier alpha value is -8.06. The molecule has 0 saturated carbocycles. The number of hydrogen-bond donors (Lipinski definition) is 0. The summed E-state index contributed by atoms with van der Waals surface area (Å²) in [6.45, 7) is 0. The first kappa shape index (κ1) is 33.7. The topological polar surface area (TPSA) is 0 Å². The Morgan fingerprint density at radius 1 is 0.161 bits per heavy atom. The summed E-state index contributed by atoms with van der Waals surface area (Å²) in [5.74, 6) is 0. The fraction of sp³-hybridized carbons (Fsp3) is 0. The molecule has 0 amide bonds. The number of hydrogen-bond acceptors (Lipinski definition) is 0. The van der Waals surface area contributed by atoms with E-state index in [2.05, 4.69) is 218 Å². The van der Waals surface area contributed by atoms with Gasteiger partial charge in [0.25, 0.3) is 0 Å². The molecule has 0 heterocycles. The van der Waals surface area contributed by atoms with E-state index >= 15 is 0 Å². The Bertz CT molecular complexity index is 4090. The highest BCUT2D eigenvalue weighted by atomic mass is 14.3. The zero-order valence-corrected chi connectivity index (χ0v) is 33.8. The normalized spacial score (nSPS) is 12.2. The number of fused-ring (bicyclic) bond motifs is 12. The lowest BCUT2D eigenvalue weighted by atomic mass is 9.83. The zero-order valence-electron chi connectivity index (χ0n) is 33.8. The molecule has 14 aromatic rings. The van der Waals surface area contributed by atoms with E-state index in [0.717, 1.165) is 0 Å². The number of rotatable bonds is 4. The van der Waals surface area contributed by atoms with Crippen LogP contribution in [0.4, 0.5) is 0 Å². The fourth-order valence-electron chi connectivity index (χ4n) is 11.3. The van der Waals surface area contributed by atoms with E-state index in [1.165, 1.54) is 141 Å². The molecule has 0 aromatic heterocycles. The monoisotopic (exact) mass is 780 g/mol. The van der Waals surface area contributed by atoms with Gasteiger partial charge < -0.3 is 0 Å². The SMILES string of the molecule is c1ccc(-c2ccc(-c3c4cc5c6ccccc6c6cccc(c4c(-c4ccc(-c7ccccc7)cc4)c4c7cc8ccc9ccccc9c8c8cccc(c34)c78)c65)cc2)cc1. The summed E-state index contributed by atoms with van der Waals surface area (Å²) in [7, 11) is 0. The van der Waals surface area contributed by atoms with E-state index in [1.807, 2.05) is 0 Å². The molecular weight excluding hydrogens is 745 g/mol. The van der Waals surface area contributed by atoms with Gasteiger partial charge in [-0.2, -0.15) is 0 Å². The standard InChI is InChI=1S/C62H36/c1-3-13-37(14-4-1)39-25-30-42(31-26-39)56-54-36-52-47-20-10-9-19-46(47)48-21-11-23-50(58(48)52)60(54)57(43-32-27-40(28-33-43)38-15-5-2-6-16-38)62-53-35-44-34-29-41-17-7-8-18-45(41)55(44)49-22-12-24-51(59(49)53)61(56)62/h1-36H. The Morgan fingerprint density at radius 2 is 0.597 bits per heavy atom. The minimum Gasteiger partial charge on any atom is -0.0622 e. The maximum Gasteiger partial charge on any atom is -0.000697 e. The lowest BCUT2D eigenvalue weighted by molar-refractivity contribution is 1.61. The van der Waals surface area contributed by atoms with Gasteiger partial charge in [0.2, 0.25) is 0 Å². The van der Waals surface area contributed by atoms with Crippen molar-refractivity contribution in [2.24, 2.45) is 0 Å². The van der Waals surface area contributed by atoms with Gasteiger partial charge in [-0.3, -0.25) is 0 Å². The summed E-state index contributed by atoms with van der Waals surface area (Å²) >= 11 is 0. The molecule has 0 atom stereocenters. The van der Waals surface area contributed by atoms with Gasteiger partial charge >= 0.3 is 0 Å². The third kappa shape index (κ3) is 4.61. The summed E-state index contributed by atoms with van der Waals surface area (Å²) in [6, 6.07) is 81.8. The van der Waals surface area contributed by atoms with E-state index in [1.54, 1.807) is 0 Å². The minimum atomic E-state index is 1.22. The predicted molar refractivity (Wildman–Crippen MR) is 268 cm³/mol. The summed E-state index contributed by atoms with van der Waals surface area (Å²) in [5.41, 5.74) is 9.94. The first-order chi connectivity index (χ1) is 30.8. The molecule has 0 aliphatic carbocycles. The second-order valence-electron chi connectivity index (χ2n) is 17.0. The van der Waals surface area contributed by atoms with Gasteiger partial charge in [0.15, 0.2) is 0 Å². The van der Waals surface area contributed by atoms with Crippen LogP contribution < -0.4 is 0 Å². The van der Waals surface area contributed by atoms with Gasteiger partial charge in [-0.05, 0) is 154 Å². The first-order valence-corrected chi connectivity index (χ1v) is 21.7. The Morgan fingerprint density at radius 3 is 1.26 bits per heavy atom. The average Bonchev–Trinajstić information content (AvgIpc) is 3.85. The molecule has 0 bridgehead atoms. The van der Waals surface area contributed by atoms with Gasteiger partial charge in [-0.15, -0.1) is 0 Å². The molecule has 0 aliphatic heterocycles. The molecular formula is C62H36. The Balaban J connectivity index is 1.23. The molecule has 0 aliphatic rings. The molecule has 0 fully saturated rings. The zero-order chi connectivity index (χ0) is 40.5. The first-order valence-electron chi connectivity index (χ1n) is 21.7. The van der Waals surface area contributed by atoms with Gasteiger partial charge in [-0.1, -0.05) is 206 Å². The molecule has 14 rings (SSSR count). The maximum atomic E-state index is 2.54. The van der Waals surface area contributed by atoms with Crippen molar-refractivity contribution in [3.05, 3.63) is 218 Å². The van der Waals surface area contributed by atoms with Crippen molar-refractivity contribution in [3.63, 3.8) is 0 Å². The molecule has 0 unspecified atom stereocenters. The van der Waals surface area contributed by atoms with Crippen molar-refractivity contribution in [2.75, 3.05) is 0 Å². The average molecular weight is 781 g/mol. The Kier molecular flexibility index (Phi) is 6.92. The molecule has 0 nitrogen and oxygen atoms in total. The molecule has 0 heteroatoms. The molecule has 0 N–H and O–H groups in total. The summed E-state index contributed by atoms with van der Waals surface area (Å²) < 4.78 is 0. The van der Waals surface area contributed by atoms with Crippen LogP contribution in [0.25, 0.3) is 141 Å². The van der Waals surface area contributed by atoms with Crippen LogP contribution in [0, 0.1) is 0 Å². The fourth-order valence-corrected chi connectivity index (χ4v) is 11.3. The second kappa shape index (κ2) is 12.7. The van der Waals surface area contributed by atoms with Crippen LogP contribution in [0.15, 0.2) is 218 Å². The van der Waals surface area contributed by atoms with Crippen LogP contribution in [-0.4, -0.2) is 0 Å². The van der Waals surface area contributed by atoms with Crippen LogP contribution in [-0.2, 0) is 0 Å². The molecule has 62 heavy (non-hydrogen) atoms. The van der Waals surface area contributed by atoms with Crippen LogP contribution >= 0.6 is 0 Å². The van der Waals surface area contributed by atoms with E-state index in [0.29, 0.717) is 0 Å². The molecule has 0 radical (unpaired) electrons. The van der Waals surface area contributed by atoms with Crippen molar-refractivity contribution < 1.29 is 0 Å². The number of benzene rings is 12. The van der Waals surface area contributed by atoms with Gasteiger partial charge in [0.1, 0.15) is 0 Å². The third-order valence-corrected chi connectivity index (χ3v) is 13.9. The lowest BCUT2D eigenvalue weighted by Crippen LogP contribution is -1.92. The van der Waals surface area contributed by atoms with E-state index in [-0.39, 0.29) is 0 Å².